The van der Waals surface area contributed by atoms with Gasteiger partial charge in [0.15, 0.2) is 11.6 Å². The fourth-order valence-corrected chi connectivity index (χ4v) is 4.36. The van der Waals surface area contributed by atoms with E-state index in [1.807, 2.05) is 24.3 Å². The van der Waals surface area contributed by atoms with Crippen LogP contribution in [0.5, 0.6) is 11.5 Å². The third-order valence-corrected chi connectivity index (χ3v) is 5.75. The lowest BCUT2D eigenvalue weighted by Crippen LogP contribution is -2.22. The van der Waals surface area contributed by atoms with Crippen molar-refractivity contribution in [2.24, 2.45) is 5.73 Å². The summed E-state index contributed by atoms with van der Waals surface area (Å²) in [5.41, 5.74) is 10.5. The van der Waals surface area contributed by atoms with E-state index in [1.54, 1.807) is 0 Å². The van der Waals surface area contributed by atoms with Crippen LogP contribution in [0.4, 0.5) is 4.39 Å². The number of hydrogen-bond donors (Lipinski definition) is 1. The Morgan fingerprint density at radius 1 is 1.06 bits per heavy atom. The molecule has 0 unspecified atom stereocenters. The molecule has 4 rings (SSSR count). The van der Waals surface area contributed by atoms with Gasteiger partial charge in [0.2, 0.25) is 5.91 Å². The number of nitrogens with two attached hydrogens (primary N) is 1. The molecule has 160 valence electrons. The Labute approximate surface area is 182 Å². The minimum Gasteiger partial charge on any atom is -0.454 e. The van der Waals surface area contributed by atoms with Crippen molar-refractivity contribution in [3.63, 3.8) is 0 Å². The fourth-order valence-electron chi connectivity index (χ4n) is 4.36. The van der Waals surface area contributed by atoms with Crippen molar-refractivity contribution in [1.82, 2.24) is 4.90 Å². The lowest BCUT2D eigenvalue weighted by molar-refractivity contribution is 0.1000. The van der Waals surface area contributed by atoms with Crippen molar-refractivity contribution in [3.05, 3.63) is 94.3 Å². The number of carbonyl (C=O) groups excluding carboxylic acids is 1. The molecule has 4 nitrogen and oxygen atoms in total. The third-order valence-electron chi connectivity index (χ3n) is 5.75. The number of carbonyl (C=O) groups is 1. The van der Waals surface area contributed by atoms with Gasteiger partial charge in [-0.1, -0.05) is 41.5 Å². The molecule has 3 aromatic rings. The molecule has 0 saturated carbocycles. The second-order valence-corrected chi connectivity index (χ2v) is 8.31. The standard InChI is InChI=1S/C26H27FN2O2/c1-17-12-18(2)14-21(13-17)24-4-3-11-29(24)16-19-5-8-22(9-6-19)31-25-10-7-20(26(28)30)15-23(25)27/h5-10,12-15,24H,3-4,11,16H2,1-2H3,(H2,28,30)/t24-/m1/s1. The zero-order valence-electron chi connectivity index (χ0n) is 17.9. The molecule has 0 aliphatic carbocycles. The minimum absolute atomic E-state index is 0.0622. The Morgan fingerprint density at radius 2 is 1.77 bits per heavy atom. The van der Waals surface area contributed by atoms with E-state index in [2.05, 4.69) is 36.9 Å². The second kappa shape index (κ2) is 8.90. The van der Waals surface area contributed by atoms with Crippen LogP contribution in [0.2, 0.25) is 0 Å². The van der Waals surface area contributed by atoms with E-state index in [-0.39, 0.29) is 11.3 Å². The molecule has 1 saturated heterocycles. The summed E-state index contributed by atoms with van der Waals surface area (Å²) < 4.78 is 19.8. The Morgan fingerprint density at radius 3 is 2.42 bits per heavy atom. The molecule has 3 aromatic carbocycles. The number of halogens is 1. The first-order valence-electron chi connectivity index (χ1n) is 10.6. The van der Waals surface area contributed by atoms with Crippen LogP contribution in [0, 0.1) is 19.7 Å². The molecule has 1 heterocycles. The molecule has 1 amide bonds. The molecule has 0 aromatic heterocycles. The molecule has 1 fully saturated rings. The van der Waals surface area contributed by atoms with Crippen LogP contribution >= 0.6 is 0 Å². The molecular weight excluding hydrogens is 391 g/mol. The van der Waals surface area contributed by atoms with Gasteiger partial charge in [0.05, 0.1) is 0 Å². The molecule has 1 aliphatic heterocycles. The molecular formula is C26H27FN2O2. The SMILES string of the molecule is Cc1cc(C)cc([C@H]2CCCN2Cc2ccc(Oc3ccc(C(N)=O)cc3F)cc2)c1. The van der Waals surface area contributed by atoms with Crippen molar-refractivity contribution in [1.29, 1.82) is 0 Å². The number of aryl methyl sites for hydroxylation is 2. The quantitative estimate of drug-likeness (QED) is 0.561. The summed E-state index contributed by atoms with van der Waals surface area (Å²) in [5, 5.41) is 0. The fraction of sp³-hybridized carbons (Fsp3) is 0.269. The smallest absolute Gasteiger partial charge is 0.248 e. The first-order chi connectivity index (χ1) is 14.9. The van der Waals surface area contributed by atoms with Crippen LogP contribution in [0.25, 0.3) is 0 Å². The first kappa shape index (κ1) is 21.1. The molecule has 1 aliphatic rings. The van der Waals surface area contributed by atoms with Crippen molar-refractivity contribution in [2.75, 3.05) is 6.54 Å². The van der Waals surface area contributed by atoms with Crippen LogP contribution in [-0.2, 0) is 6.54 Å². The van der Waals surface area contributed by atoms with Crippen molar-refractivity contribution >= 4 is 5.91 Å². The van der Waals surface area contributed by atoms with Crippen molar-refractivity contribution < 1.29 is 13.9 Å². The average Bonchev–Trinajstić information content (AvgIpc) is 3.18. The predicted octanol–water partition coefficient (Wildman–Crippen LogP) is 5.67. The highest BCUT2D eigenvalue weighted by molar-refractivity contribution is 5.92. The Bertz CT molecular complexity index is 1070. The highest BCUT2D eigenvalue weighted by atomic mass is 19.1. The van der Waals surface area contributed by atoms with Gasteiger partial charge in [0, 0.05) is 18.2 Å². The zero-order valence-corrected chi connectivity index (χ0v) is 17.9. The zero-order chi connectivity index (χ0) is 22.0. The summed E-state index contributed by atoms with van der Waals surface area (Å²) in [4.78, 5) is 13.7. The van der Waals surface area contributed by atoms with Crippen LogP contribution in [0.3, 0.4) is 0 Å². The van der Waals surface area contributed by atoms with E-state index in [0.29, 0.717) is 11.8 Å². The van der Waals surface area contributed by atoms with Gasteiger partial charge in [-0.15, -0.1) is 0 Å². The number of likely N-dealkylation sites (tertiary alicyclic amines) is 1. The molecule has 0 spiro atoms. The summed E-state index contributed by atoms with van der Waals surface area (Å²) in [7, 11) is 0. The number of ether oxygens (including phenoxy) is 1. The molecule has 1 atom stereocenters. The van der Waals surface area contributed by atoms with E-state index in [9.17, 15) is 9.18 Å². The van der Waals surface area contributed by atoms with Gasteiger partial charge >= 0.3 is 0 Å². The molecule has 5 heteroatoms. The summed E-state index contributed by atoms with van der Waals surface area (Å²) in [6.07, 6.45) is 2.37. The lowest BCUT2D eigenvalue weighted by Gasteiger charge is -2.25. The highest BCUT2D eigenvalue weighted by Gasteiger charge is 2.26. The summed E-state index contributed by atoms with van der Waals surface area (Å²) in [5.74, 6) is -0.682. The number of hydrogen-bond acceptors (Lipinski definition) is 3. The average molecular weight is 419 g/mol. The summed E-state index contributed by atoms with van der Waals surface area (Å²) in [6.45, 7) is 6.24. The number of amides is 1. The summed E-state index contributed by atoms with van der Waals surface area (Å²) in [6, 6.07) is 18.9. The molecule has 31 heavy (non-hydrogen) atoms. The van der Waals surface area contributed by atoms with Crippen molar-refractivity contribution in [3.8, 4) is 11.5 Å². The van der Waals surface area contributed by atoms with E-state index < -0.39 is 11.7 Å². The Kier molecular flexibility index (Phi) is 6.05. The van der Waals surface area contributed by atoms with Crippen LogP contribution in [0.15, 0.2) is 60.7 Å². The van der Waals surface area contributed by atoms with E-state index in [4.69, 9.17) is 10.5 Å². The second-order valence-electron chi connectivity index (χ2n) is 8.31. The summed E-state index contributed by atoms with van der Waals surface area (Å²) >= 11 is 0. The Hall–Kier alpha value is -3.18. The lowest BCUT2D eigenvalue weighted by atomic mass is 9.99. The monoisotopic (exact) mass is 418 g/mol. The maximum absolute atomic E-state index is 14.2. The van der Waals surface area contributed by atoms with E-state index in [1.165, 1.54) is 47.2 Å². The van der Waals surface area contributed by atoms with E-state index >= 15 is 0 Å². The topological polar surface area (TPSA) is 55.6 Å². The highest BCUT2D eigenvalue weighted by Crippen LogP contribution is 2.34. The van der Waals surface area contributed by atoms with Crippen LogP contribution in [0.1, 0.15) is 51.5 Å². The maximum atomic E-state index is 14.2. The van der Waals surface area contributed by atoms with Gasteiger partial charge in [0.25, 0.3) is 0 Å². The predicted molar refractivity (Wildman–Crippen MR) is 120 cm³/mol. The van der Waals surface area contributed by atoms with Gasteiger partial charge in [-0.05, 0) is 74.7 Å². The van der Waals surface area contributed by atoms with Gasteiger partial charge in [-0.3, -0.25) is 9.69 Å². The number of primary amides is 1. The molecule has 2 N–H and O–H groups in total. The number of rotatable bonds is 6. The minimum atomic E-state index is -0.671. The normalized spacial score (nSPS) is 16.4. The van der Waals surface area contributed by atoms with Crippen LogP contribution in [-0.4, -0.2) is 17.4 Å². The van der Waals surface area contributed by atoms with Gasteiger partial charge in [-0.2, -0.15) is 0 Å². The number of benzene rings is 3. The maximum Gasteiger partial charge on any atom is 0.248 e. The van der Waals surface area contributed by atoms with E-state index in [0.717, 1.165) is 19.2 Å². The number of nitrogens with zero attached hydrogens (tertiary/aromatic N) is 1. The van der Waals surface area contributed by atoms with Gasteiger partial charge < -0.3 is 10.5 Å². The Balaban J connectivity index is 1.44. The first-order valence-corrected chi connectivity index (χ1v) is 10.6. The molecule has 0 radical (unpaired) electrons. The van der Waals surface area contributed by atoms with Crippen LogP contribution < -0.4 is 10.5 Å². The van der Waals surface area contributed by atoms with Gasteiger partial charge in [-0.25, -0.2) is 4.39 Å². The largest absolute Gasteiger partial charge is 0.454 e. The molecule has 0 bridgehead atoms. The van der Waals surface area contributed by atoms with Gasteiger partial charge in [0.1, 0.15) is 5.75 Å². The third kappa shape index (κ3) is 4.94. The van der Waals surface area contributed by atoms with Crippen molar-refractivity contribution in [2.45, 2.75) is 39.3 Å².